The topological polar surface area (TPSA) is 77.1 Å². The molecule has 0 spiro atoms. The summed E-state index contributed by atoms with van der Waals surface area (Å²) in [5.41, 5.74) is 1.63. The number of anilines is 1. The summed E-state index contributed by atoms with van der Waals surface area (Å²) in [5.74, 6) is 1.44. The number of hydrogen-bond donors (Lipinski definition) is 1. The van der Waals surface area contributed by atoms with Crippen LogP contribution in [0.4, 0.5) is 5.69 Å². The van der Waals surface area contributed by atoms with Crippen molar-refractivity contribution in [3.05, 3.63) is 48.0 Å². The molecule has 2 aliphatic heterocycles. The average Bonchev–Trinajstić information content (AvgIpc) is 3.33. The third-order valence-corrected chi connectivity index (χ3v) is 4.86. The van der Waals surface area contributed by atoms with Crippen LogP contribution in [-0.4, -0.2) is 31.8 Å². The molecule has 1 fully saturated rings. The molecule has 0 aromatic heterocycles. The van der Waals surface area contributed by atoms with Crippen LogP contribution in [0.5, 0.6) is 17.2 Å². The van der Waals surface area contributed by atoms with Gasteiger partial charge < -0.3 is 24.4 Å². The number of nitrogens with zero attached hydrogens (tertiary/aromatic N) is 1. The van der Waals surface area contributed by atoms with E-state index >= 15 is 0 Å². The number of benzene rings is 2. The fourth-order valence-corrected chi connectivity index (χ4v) is 3.46. The number of carbonyl (C=O) groups is 2. The van der Waals surface area contributed by atoms with Crippen LogP contribution >= 0.6 is 0 Å². The fourth-order valence-electron chi connectivity index (χ4n) is 3.46. The Kier molecular flexibility index (Phi) is 5.06. The van der Waals surface area contributed by atoms with Gasteiger partial charge in [0.1, 0.15) is 5.75 Å². The maximum absolute atomic E-state index is 12.6. The lowest BCUT2D eigenvalue weighted by Gasteiger charge is -2.20. The molecule has 4 rings (SSSR count). The van der Waals surface area contributed by atoms with E-state index in [0.29, 0.717) is 42.6 Å². The monoisotopic (exact) mass is 382 g/mol. The van der Waals surface area contributed by atoms with Crippen molar-refractivity contribution in [3.8, 4) is 17.2 Å². The van der Waals surface area contributed by atoms with Gasteiger partial charge in [-0.05, 0) is 36.8 Å². The minimum Gasteiger partial charge on any atom is -0.492 e. The molecule has 2 aromatic rings. The van der Waals surface area contributed by atoms with Crippen LogP contribution in [0.15, 0.2) is 42.5 Å². The standard InChI is InChI=1S/C21H22N2O5/c1-2-26-17-6-4-3-5-16(17)23-12-15(10-20(23)24)21(25)22-11-14-7-8-18-19(9-14)28-13-27-18/h3-9,15H,2,10-13H2,1H3,(H,22,25)/t15-/m0/s1. The van der Waals surface area contributed by atoms with Crippen molar-refractivity contribution in [1.82, 2.24) is 5.32 Å². The summed E-state index contributed by atoms with van der Waals surface area (Å²) >= 11 is 0. The SMILES string of the molecule is CCOc1ccccc1N1C[C@@H](C(=O)NCc2ccc3c(c2)OCO3)CC1=O. The van der Waals surface area contributed by atoms with E-state index in [4.69, 9.17) is 14.2 Å². The Hall–Kier alpha value is -3.22. The van der Waals surface area contributed by atoms with Gasteiger partial charge in [-0.3, -0.25) is 9.59 Å². The molecule has 2 aromatic carbocycles. The highest BCUT2D eigenvalue weighted by Gasteiger charge is 2.36. The summed E-state index contributed by atoms with van der Waals surface area (Å²) in [6.07, 6.45) is 0.188. The van der Waals surface area contributed by atoms with E-state index in [1.54, 1.807) is 4.90 Å². The van der Waals surface area contributed by atoms with Gasteiger partial charge in [0.05, 0.1) is 18.2 Å². The molecule has 146 valence electrons. The molecular weight excluding hydrogens is 360 g/mol. The summed E-state index contributed by atoms with van der Waals surface area (Å²) in [7, 11) is 0. The molecule has 7 nitrogen and oxygen atoms in total. The van der Waals surface area contributed by atoms with Gasteiger partial charge in [0.25, 0.3) is 0 Å². The normalized spacial score (nSPS) is 17.7. The first-order valence-corrected chi connectivity index (χ1v) is 9.34. The maximum Gasteiger partial charge on any atom is 0.231 e. The molecule has 0 aliphatic carbocycles. The van der Waals surface area contributed by atoms with Crippen molar-refractivity contribution in [2.45, 2.75) is 19.9 Å². The average molecular weight is 382 g/mol. The molecule has 2 heterocycles. The first-order chi connectivity index (χ1) is 13.7. The third-order valence-electron chi connectivity index (χ3n) is 4.86. The lowest BCUT2D eigenvalue weighted by molar-refractivity contribution is -0.126. The van der Waals surface area contributed by atoms with E-state index in [1.165, 1.54) is 0 Å². The highest BCUT2D eigenvalue weighted by Crippen LogP contribution is 2.34. The summed E-state index contributed by atoms with van der Waals surface area (Å²) in [5, 5.41) is 2.92. The number of para-hydroxylation sites is 2. The number of carbonyl (C=O) groups excluding carboxylic acids is 2. The number of fused-ring (bicyclic) bond motifs is 1. The van der Waals surface area contributed by atoms with Crippen LogP contribution in [0.25, 0.3) is 0 Å². The summed E-state index contributed by atoms with van der Waals surface area (Å²) in [6.45, 7) is 3.34. The van der Waals surface area contributed by atoms with Crippen molar-refractivity contribution < 1.29 is 23.8 Å². The zero-order valence-corrected chi connectivity index (χ0v) is 15.6. The molecule has 2 aliphatic rings. The molecule has 0 unspecified atom stereocenters. The zero-order chi connectivity index (χ0) is 19.5. The van der Waals surface area contributed by atoms with E-state index in [-0.39, 0.29) is 25.0 Å². The Labute approximate surface area is 163 Å². The van der Waals surface area contributed by atoms with Crippen molar-refractivity contribution in [2.24, 2.45) is 5.92 Å². The first kappa shape index (κ1) is 18.2. The van der Waals surface area contributed by atoms with Crippen LogP contribution in [0, 0.1) is 5.92 Å². The second kappa shape index (κ2) is 7.80. The van der Waals surface area contributed by atoms with Gasteiger partial charge in [-0.2, -0.15) is 0 Å². The first-order valence-electron chi connectivity index (χ1n) is 9.34. The summed E-state index contributed by atoms with van der Waals surface area (Å²) in [4.78, 5) is 26.8. The smallest absolute Gasteiger partial charge is 0.231 e. The molecule has 0 radical (unpaired) electrons. The second-order valence-corrected chi connectivity index (χ2v) is 6.71. The van der Waals surface area contributed by atoms with Gasteiger partial charge in [0.2, 0.25) is 18.6 Å². The Morgan fingerprint density at radius 1 is 1.21 bits per heavy atom. The zero-order valence-electron chi connectivity index (χ0n) is 15.6. The Bertz CT molecular complexity index is 898. The molecule has 28 heavy (non-hydrogen) atoms. The quantitative estimate of drug-likeness (QED) is 0.831. The number of hydrogen-bond acceptors (Lipinski definition) is 5. The highest BCUT2D eigenvalue weighted by molar-refractivity contribution is 6.01. The molecule has 0 bridgehead atoms. The molecule has 0 saturated carbocycles. The van der Waals surface area contributed by atoms with Crippen molar-refractivity contribution >= 4 is 17.5 Å². The molecule has 1 atom stereocenters. The Balaban J connectivity index is 1.39. The van der Waals surface area contributed by atoms with Gasteiger partial charge in [-0.15, -0.1) is 0 Å². The third kappa shape index (κ3) is 3.60. The van der Waals surface area contributed by atoms with E-state index in [9.17, 15) is 9.59 Å². The minimum atomic E-state index is -0.392. The predicted octanol–water partition coefficient (Wildman–Crippen LogP) is 2.48. The van der Waals surface area contributed by atoms with E-state index in [2.05, 4.69) is 5.32 Å². The van der Waals surface area contributed by atoms with Gasteiger partial charge in [-0.25, -0.2) is 0 Å². The largest absolute Gasteiger partial charge is 0.492 e. The number of rotatable bonds is 6. The van der Waals surface area contributed by atoms with Gasteiger partial charge in [-0.1, -0.05) is 18.2 Å². The Morgan fingerprint density at radius 2 is 2.04 bits per heavy atom. The van der Waals surface area contributed by atoms with Crippen molar-refractivity contribution in [1.29, 1.82) is 0 Å². The van der Waals surface area contributed by atoms with Gasteiger partial charge >= 0.3 is 0 Å². The van der Waals surface area contributed by atoms with Crippen LogP contribution in [0.3, 0.4) is 0 Å². The lowest BCUT2D eigenvalue weighted by atomic mass is 10.1. The maximum atomic E-state index is 12.6. The number of ether oxygens (including phenoxy) is 3. The minimum absolute atomic E-state index is 0.0737. The molecule has 2 amide bonds. The number of nitrogens with one attached hydrogen (secondary N) is 1. The predicted molar refractivity (Wildman–Crippen MR) is 102 cm³/mol. The van der Waals surface area contributed by atoms with Gasteiger partial charge in [0, 0.05) is 19.5 Å². The highest BCUT2D eigenvalue weighted by atomic mass is 16.7. The van der Waals surface area contributed by atoms with Crippen LogP contribution in [-0.2, 0) is 16.1 Å². The van der Waals surface area contributed by atoms with Crippen LogP contribution in [0.2, 0.25) is 0 Å². The van der Waals surface area contributed by atoms with Crippen LogP contribution in [0.1, 0.15) is 18.9 Å². The summed E-state index contributed by atoms with van der Waals surface area (Å²) in [6, 6.07) is 13.0. The summed E-state index contributed by atoms with van der Waals surface area (Å²) < 4.78 is 16.3. The molecule has 7 heteroatoms. The van der Waals surface area contributed by atoms with Crippen molar-refractivity contribution in [2.75, 3.05) is 24.8 Å². The van der Waals surface area contributed by atoms with E-state index < -0.39 is 5.92 Å². The van der Waals surface area contributed by atoms with E-state index in [1.807, 2.05) is 49.4 Å². The second-order valence-electron chi connectivity index (χ2n) is 6.71. The van der Waals surface area contributed by atoms with E-state index in [0.717, 1.165) is 5.56 Å². The molecular formula is C21H22N2O5. The molecule has 1 saturated heterocycles. The Morgan fingerprint density at radius 3 is 2.89 bits per heavy atom. The van der Waals surface area contributed by atoms with Crippen molar-refractivity contribution in [3.63, 3.8) is 0 Å². The van der Waals surface area contributed by atoms with Gasteiger partial charge in [0.15, 0.2) is 11.5 Å². The number of amides is 2. The molecule has 1 N–H and O–H groups in total. The fraction of sp³-hybridized carbons (Fsp3) is 0.333. The lowest BCUT2D eigenvalue weighted by Crippen LogP contribution is -2.32. The van der Waals surface area contributed by atoms with Crippen LogP contribution < -0.4 is 24.4 Å².